The number of hydrogen-bond acceptors (Lipinski definition) is 7. The predicted octanol–water partition coefficient (Wildman–Crippen LogP) is 2.64. The van der Waals surface area contributed by atoms with E-state index in [1.807, 2.05) is 12.1 Å². The highest BCUT2D eigenvalue weighted by Crippen LogP contribution is 2.27. The Morgan fingerprint density at radius 3 is 2.21 bits per heavy atom. The summed E-state index contributed by atoms with van der Waals surface area (Å²) in [6.07, 6.45) is 0.968. The summed E-state index contributed by atoms with van der Waals surface area (Å²) in [6.45, 7) is 8.06. The summed E-state index contributed by atoms with van der Waals surface area (Å²) in [5.41, 5.74) is 1.25. The van der Waals surface area contributed by atoms with Gasteiger partial charge in [0.1, 0.15) is 11.7 Å². The second-order valence-corrected chi connectivity index (χ2v) is 11.0. The first-order valence-corrected chi connectivity index (χ1v) is 12.5. The van der Waals surface area contributed by atoms with Gasteiger partial charge in [0, 0.05) is 31.0 Å². The van der Waals surface area contributed by atoms with Crippen molar-refractivity contribution in [2.75, 3.05) is 24.7 Å². The maximum Gasteiger partial charge on any atom is 0.293 e. The average Bonchev–Trinajstić information content (AvgIpc) is 2.75. The van der Waals surface area contributed by atoms with Crippen LogP contribution in [0.15, 0.2) is 47.4 Å². The van der Waals surface area contributed by atoms with Gasteiger partial charge in [-0.25, -0.2) is 8.42 Å². The van der Waals surface area contributed by atoms with Gasteiger partial charge >= 0.3 is 0 Å². The molecule has 0 aliphatic carbocycles. The highest BCUT2D eigenvalue weighted by atomic mass is 32.2. The van der Waals surface area contributed by atoms with E-state index in [-0.39, 0.29) is 40.7 Å². The van der Waals surface area contributed by atoms with Crippen molar-refractivity contribution in [3.05, 3.63) is 63.7 Å². The molecule has 10 nitrogen and oxygen atoms in total. The SMILES string of the molecule is C[C@H](NC(=O)c1ccc(C(C)(C)C)cc1)C(=O)NCCNc1ccc(S(C)(=O)=O)cc1[N+](=O)[O-]. The molecule has 0 unspecified atom stereocenters. The van der Waals surface area contributed by atoms with E-state index in [0.717, 1.165) is 17.9 Å². The molecular weight excluding hydrogens is 460 g/mol. The number of nitrogens with one attached hydrogen (secondary N) is 3. The number of benzene rings is 2. The normalized spacial score (nSPS) is 12.5. The Bertz CT molecular complexity index is 1170. The maximum absolute atomic E-state index is 12.4. The van der Waals surface area contributed by atoms with E-state index < -0.39 is 26.7 Å². The fourth-order valence-electron chi connectivity index (χ4n) is 3.05. The molecule has 0 spiro atoms. The van der Waals surface area contributed by atoms with Crippen molar-refractivity contribution in [2.24, 2.45) is 0 Å². The molecule has 0 aromatic heterocycles. The van der Waals surface area contributed by atoms with E-state index in [1.165, 1.54) is 12.1 Å². The van der Waals surface area contributed by atoms with Crippen LogP contribution < -0.4 is 16.0 Å². The second-order valence-electron chi connectivity index (χ2n) is 8.95. The van der Waals surface area contributed by atoms with Gasteiger partial charge in [-0.05, 0) is 42.2 Å². The largest absolute Gasteiger partial charge is 0.378 e. The molecule has 2 aromatic rings. The van der Waals surface area contributed by atoms with Crippen LogP contribution in [0.1, 0.15) is 43.6 Å². The third-order valence-corrected chi connectivity index (χ3v) is 6.20. The quantitative estimate of drug-likeness (QED) is 0.278. The first-order chi connectivity index (χ1) is 15.7. The molecule has 0 aliphatic heterocycles. The van der Waals surface area contributed by atoms with Gasteiger partial charge in [-0.15, -0.1) is 0 Å². The molecule has 0 heterocycles. The first kappa shape index (κ1) is 26.8. The molecule has 0 saturated heterocycles. The Balaban J connectivity index is 1.88. The number of anilines is 1. The summed E-state index contributed by atoms with van der Waals surface area (Å²) in [7, 11) is -3.58. The molecule has 11 heteroatoms. The van der Waals surface area contributed by atoms with Crippen molar-refractivity contribution in [3.63, 3.8) is 0 Å². The molecule has 0 radical (unpaired) electrons. The van der Waals surface area contributed by atoms with Crippen molar-refractivity contribution < 1.29 is 22.9 Å². The van der Waals surface area contributed by atoms with Gasteiger partial charge < -0.3 is 16.0 Å². The predicted molar refractivity (Wildman–Crippen MR) is 130 cm³/mol. The Morgan fingerprint density at radius 2 is 1.68 bits per heavy atom. The van der Waals surface area contributed by atoms with Gasteiger partial charge in [-0.3, -0.25) is 19.7 Å². The number of nitrogens with zero attached hydrogens (tertiary/aromatic N) is 1. The Labute approximate surface area is 199 Å². The summed E-state index contributed by atoms with van der Waals surface area (Å²) >= 11 is 0. The van der Waals surface area contributed by atoms with Crippen LogP contribution in [0.3, 0.4) is 0 Å². The van der Waals surface area contributed by atoms with Gasteiger partial charge in [0.15, 0.2) is 9.84 Å². The molecule has 1 atom stereocenters. The number of rotatable bonds is 9. The number of hydrogen-bond donors (Lipinski definition) is 3. The minimum atomic E-state index is -3.58. The van der Waals surface area contributed by atoms with E-state index in [0.29, 0.717) is 5.56 Å². The van der Waals surface area contributed by atoms with Crippen molar-refractivity contribution >= 4 is 33.0 Å². The molecule has 34 heavy (non-hydrogen) atoms. The van der Waals surface area contributed by atoms with Gasteiger partial charge in [-0.1, -0.05) is 32.9 Å². The summed E-state index contributed by atoms with van der Waals surface area (Å²) in [5.74, 6) is -0.786. The number of nitro groups is 1. The summed E-state index contributed by atoms with van der Waals surface area (Å²) < 4.78 is 23.2. The lowest BCUT2D eigenvalue weighted by Crippen LogP contribution is -2.45. The number of sulfone groups is 1. The Hall–Kier alpha value is -3.47. The van der Waals surface area contributed by atoms with Crippen LogP contribution in [0.2, 0.25) is 0 Å². The zero-order valence-electron chi connectivity index (χ0n) is 19.8. The zero-order chi connectivity index (χ0) is 25.7. The third-order valence-electron chi connectivity index (χ3n) is 5.09. The number of nitro benzene ring substituents is 1. The number of carbonyl (C=O) groups excluding carboxylic acids is 2. The molecule has 184 valence electrons. The van der Waals surface area contributed by atoms with Gasteiger partial charge in [0.05, 0.1) is 9.82 Å². The summed E-state index contributed by atoms with van der Waals surface area (Å²) in [5, 5.41) is 19.4. The second kappa shape index (κ2) is 10.6. The molecule has 2 rings (SSSR count). The lowest BCUT2D eigenvalue weighted by molar-refractivity contribution is -0.384. The number of amides is 2. The summed E-state index contributed by atoms with van der Waals surface area (Å²) in [6, 6.07) is 9.97. The molecular formula is C23H30N4O6S. The average molecular weight is 491 g/mol. The lowest BCUT2D eigenvalue weighted by atomic mass is 9.86. The van der Waals surface area contributed by atoms with Crippen molar-refractivity contribution in [2.45, 2.75) is 44.0 Å². The number of carbonyl (C=O) groups is 2. The fraction of sp³-hybridized carbons (Fsp3) is 0.391. The molecule has 2 amide bonds. The van der Waals surface area contributed by atoms with Crippen LogP contribution in [0.4, 0.5) is 11.4 Å². The van der Waals surface area contributed by atoms with Gasteiger partial charge in [0.25, 0.3) is 11.6 Å². The van der Waals surface area contributed by atoms with Crippen molar-refractivity contribution in [3.8, 4) is 0 Å². The van der Waals surface area contributed by atoms with Crippen molar-refractivity contribution in [1.82, 2.24) is 10.6 Å². The highest BCUT2D eigenvalue weighted by molar-refractivity contribution is 7.90. The molecule has 0 saturated carbocycles. The minimum Gasteiger partial charge on any atom is -0.378 e. The van der Waals surface area contributed by atoms with Crippen LogP contribution in [-0.4, -0.2) is 50.5 Å². The van der Waals surface area contributed by atoms with Crippen LogP contribution in [0.25, 0.3) is 0 Å². The van der Waals surface area contributed by atoms with Gasteiger partial charge in [0.2, 0.25) is 5.91 Å². The zero-order valence-corrected chi connectivity index (χ0v) is 20.7. The molecule has 0 bridgehead atoms. The van der Waals surface area contributed by atoms with Gasteiger partial charge in [-0.2, -0.15) is 0 Å². The third kappa shape index (κ3) is 7.27. The first-order valence-electron chi connectivity index (χ1n) is 10.6. The smallest absolute Gasteiger partial charge is 0.293 e. The van der Waals surface area contributed by atoms with E-state index in [4.69, 9.17) is 0 Å². The fourth-order valence-corrected chi connectivity index (χ4v) is 3.69. The Morgan fingerprint density at radius 1 is 1.06 bits per heavy atom. The van der Waals surface area contributed by atoms with E-state index in [1.54, 1.807) is 19.1 Å². The Kier molecular flexibility index (Phi) is 8.38. The standard InChI is InChI=1S/C23H30N4O6S/c1-15(26-22(29)16-6-8-17(9-7-16)23(2,3)4)21(28)25-13-12-24-19-11-10-18(34(5,32)33)14-20(19)27(30)31/h6-11,14-15,24H,12-13H2,1-5H3,(H,25,28)(H,26,29)/t15-/m0/s1. The van der Waals surface area contributed by atoms with E-state index >= 15 is 0 Å². The maximum atomic E-state index is 12.4. The van der Waals surface area contributed by atoms with Crippen LogP contribution in [0.5, 0.6) is 0 Å². The summed E-state index contributed by atoms with van der Waals surface area (Å²) in [4.78, 5) is 35.2. The topological polar surface area (TPSA) is 148 Å². The molecule has 3 N–H and O–H groups in total. The lowest BCUT2D eigenvalue weighted by Gasteiger charge is -2.19. The molecule has 2 aromatic carbocycles. The minimum absolute atomic E-state index is 0.0353. The van der Waals surface area contributed by atoms with Crippen molar-refractivity contribution in [1.29, 1.82) is 0 Å². The van der Waals surface area contributed by atoms with E-state index in [2.05, 4.69) is 36.7 Å². The van der Waals surface area contributed by atoms with Crippen LogP contribution in [0, 0.1) is 10.1 Å². The molecule has 0 aliphatic rings. The van der Waals surface area contributed by atoms with E-state index in [9.17, 15) is 28.1 Å². The molecule has 0 fully saturated rings. The van der Waals surface area contributed by atoms with Crippen LogP contribution >= 0.6 is 0 Å². The monoisotopic (exact) mass is 490 g/mol. The highest BCUT2D eigenvalue weighted by Gasteiger charge is 2.20. The van der Waals surface area contributed by atoms with Crippen LogP contribution in [-0.2, 0) is 20.0 Å².